The van der Waals surface area contributed by atoms with E-state index in [1.807, 2.05) is 42.5 Å². The van der Waals surface area contributed by atoms with Gasteiger partial charge in [0.15, 0.2) is 0 Å². The van der Waals surface area contributed by atoms with E-state index in [0.717, 1.165) is 23.4 Å². The molecule has 7 heteroatoms. The quantitative estimate of drug-likeness (QED) is 0.405. The molecular formula is C26H19FN2O4. The van der Waals surface area contributed by atoms with Crippen molar-refractivity contribution < 1.29 is 23.8 Å². The summed E-state index contributed by atoms with van der Waals surface area (Å²) in [5, 5.41) is 11.6. The Balaban J connectivity index is 1.47. The largest absolute Gasteiger partial charge is 0.478 e. The minimum absolute atomic E-state index is 0.0254. The van der Waals surface area contributed by atoms with Crippen LogP contribution in [0.1, 0.15) is 26.3 Å². The molecule has 0 aliphatic heterocycles. The number of aromatic nitrogens is 1. The highest BCUT2D eigenvalue weighted by atomic mass is 19.1. The van der Waals surface area contributed by atoms with Crippen LogP contribution >= 0.6 is 0 Å². The van der Waals surface area contributed by atoms with Crippen molar-refractivity contribution in [1.82, 2.24) is 10.3 Å². The maximum absolute atomic E-state index is 13.8. The van der Waals surface area contributed by atoms with Crippen molar-refractivity contribution in [3.05, 3.63) is 114 Å². The normalized spacial score (nSPS) is 10.5. The minimum Gasteiger partial charge on any atom is -0.478 e. The van der Waals surface area contributed by atoms with Gasteiger partial charge in [0, 0.05) is 6.54 Å². The summed E-state index contributed by atoms with van der Waals surface area (Å²) < 4.78 is 19.6. The Morgan fingerprint density at radius 3 is 2.24 bits per heavy atom. The number of pyridine rings is 1. The van der Waals surface area contributed by atoms with Gasteiger partial charge in [-0.25, -0.2) is 14.2 Å². The fourth-order valence-electron chi connectivity index (χ4n) is 3.17. The van der Waals surface area contributed by atoms with Crippen LogP contribution in [0.3, 0.4) is 0 Å². The number of carboxylic acids is 1. The van der Waals surface area contributed by atoms with Gasteiger partial charge in [-0.2, -0.15) is 0 Å². The predicted octanol–water partition coefficient (Wildman–Crippen LogP) is 5.31. The topological polar surface area (TPSA) is 88.5 Å². The molecule has 1 amide bonds. The van der Waals surface area contributed by atoms with Crippen LogP contribution in [-0.4, -0.2) is 22.0 Å². The lowest BCUT2D eigenvalue weighted by molar-refractivity contribution is 0.0696. The van der Waals surface area contributed by atoms with E-state index in [1.165, 1.54) is 12.1 Å². The Morgan fingerprint density at radius 2 is 1.58 bits per heavy atom. The van der Waals surface area contributed by atoms with Crippen LogP contribution in [0.4, 0.5) is 4.39 Å². The van der Waals surface area contributed by atoms with Gasteiger partial charge in [0.05, 0.1) is 11.8 Å². The molecule has 1 heterocycles. The summed E-state index contributed by atoms with van der Waals surface area (Å²) in [5.41, 5.74) is 2.84. The summed E-state index contributed by atoms with van der Waals surface area (Å²) in [6.45, 7) is 0.125. The zero-order chi connectivity index (χ0) is 23.2. The summed E-state index contributed by atoms with van der Waals surface area (Å²) in [4.78, 5) is 27.6. The number of amides is 1. The van der Waals surface area contributed by atoms with E-state index in [0.29, 0.717) is 11.3 Å². The lowest BCUT2D eigenvalue weighted by atomic mass is 10.1. The SMILES string of the molecule is O=C(O)c1ccc(CNC(=O)c2cc(F)cnc2Oc2ccc(-c3ccccc3)cc2)cc1. The van der Waals surface area contributed by atoms with Crippen molar-refractivity contribution in [2.45, 2.75) is 6.54 Å². The maximum Gasteiger partial charge on any atom is 0.335 e. The molecule has 2 N–H and O–H groups in total. The van der Waals surface area contributed by atoms with Gasteiger partial charge in [0.1, 0.15) is 17.1 Å². The Kier molecular flexibility index (Phi) is 6.40. The van der Waals surface area contributed by atoms with Crippen molar-refractivity contribution in [3.63, 3.8) is 0 Å². The molecule has 6 nitrogen and oxygen atoms in total. The molecule has 3 aromatic carbocycles. The number of carbonyl (C=O) groups excluding carboxylic acids is 1. The molecule has 1 aromatic heterocycles. The highest BCUT2D eigenvalue weighted by molar-refractivity contribution is 5.96. The first kappa shape index (κ1) is 21.7. The van der Waals surface area contributed by atoms with Crippen LogP contribution in [0.15, 0.2) is 91.1 Å². The Bertz CT molecular complexity index is 1270. The van der Waals surface area contributed by atoms with Gasteiger partial charge in [-0.1, -0.05) is 54.6 Å². The van der Waals surface area contributed by atoms with Crippen molar-refractivity contribution in [1.29, 1.82) is 0 Å². The number of benzene rings is 3. The fraction of sp³-hybridized carbons (Fsp3) is 0.0385. The number of nitrogens with zero attached hydrogens (tertiary/aromatic N) is 1. The number of nitrogens with one attached hydrogen (secondary N) is 1. The van der Waals surface area contributed by atoms with Gasteiger partial charge in [0.25, 0.3) is 5.91 Å². The van der Waals surface area contributed by atoms with Crippen LogP contribution < -0.4 is 10.1 Å². The third-order valence-corrected chi connectivity index (χ3v) is 4.89. The average Bonchev–Trinajstić information content (AvgIpc) is 2.85. The molecule has 0 unspecified atom stereocenters. The van der Waals surface area contributed by atoms with Crippen molar-refractivity contribution >= 4 is 11.9 Å². The predicted molar refractivity (Wildman–Crippen MR) is 121 cm³/mol. The zero-order valence-electron chi connectivity index (χ0n) is 17.4. The number of ether oxygens (including phenoxy) is 1. The first-order chi connectivity index (χ1) is 16.0. The molecule has 33 heavy (non-hydrogen) atoms. The van der Waals surface area contributed by atoms with E-state index in [2.05, 4.69) is 10.3 Å². The number of carbonyl (C=O) groups is 2. The zero-order valence-corrected chi connectivity index (χ0v) is 17.4. The van der Waals surface area contributed by atoms with Gasteiger partial charge in [-0.05, 0) is 47.0 Å². The summed E-state index contributed by atoms with van der Waals surface area (Å²) in [6.07, 6.45) is 0.981. The molecule has 0 saturated heterocycles. The van der Waals surface area contributed by atoms with Gasteiger partial charge < -0.3 is 15.2 Å². The molecule has 0 fully saturated rings. The molecule has 4 rings (SSSR count). The van der Waals surface area contributed by atoms with E-state index >= 15 is 0 Å². The number of hydrogen-bond donors (Lipinski definition) is 2. The van der Waals surface area contributed by atoms with E-state index < -0.39 is 17.7 Å². The molecule has 0 aliphatic rings. The van der Waals surface area contributed by atoms with E-state index in [1.54, 1.807) is 24.3 Å². The van der Waals surface area contributed by atoms with Crippen LogP contribution in [-0.2, 0) is 6.54 Å². The maximum atomic E-state index is 13.8. The number of aromatic carboxylic acids is 1. The lowest BCUT2D eigenvalue weighted by Crippen LogP contribution is -2.23. The van der Waals surface area contributed by atoms with E-state index in [-0.39, 0.29) is 23.6 Å². The Hall–Kier alpha value is -4.52. The Labute approximate surface area is 189 Å². The van der Waals surface area contributed by atoms with Crippen molar-refractivity contribution in [2.75, 3.05) is 0 Å². The van der Waals surface area contributed by atoms with Crippen LogP contribution in [0.2, 0.25) is 0 Å². The second-order valence-corrected chi connectivity index (χ2v) is 7.18. The Morgan fingerprint density at radius 1 is 0.909 bits per heavy atom. The lowest BCUT2D eigenvalue weighted by Gasteiger charge is -2.11. The summed E-state index contributed by atoms with van der Waals surface area (Å²) in [7, 11) is 0. The van der Waals surface area contributed by atoms with Crippen molar-refractivity contribution in [2.24, 2.45) is 0 Å². The van der Waals surface area contributed by atoms with Crippen LogP contribution in [0, 0.1) is 5.82 Å². The molecule has 0 spiro atoms. The number of hydrogen-bond acceptors (Lipinski definition) is 4. The van der Waals surface area contributed by atoms with Gasteiger partial charge >= 0.3 is 5.97 Å². The van der Waals surface area contributed by atoms with E-state index in [9.17, 15) is 14.0 Å². The van der Waals surface area contributed by atoms with E-state index in [4.69, 9.17) is 9.84 Å². The highest BCUT2D eigenvalue weighted by Crippen LogP contribution is 2.27. The average molecular weight is 442 g/mol. The molecule has 164 valence electrons. The molecular weight excluding hydrogens is 423 g/mol. The highest BCUT2D eigenvalue weighted by Gasteiger charge is 2.16. The first-order valence-electron chi connectivity index (χ1n) is 10.1. The molecule has 4 aromatic rings. The fourth-order valence-corrected chi connectivity index (χ4v) is 3.17. The standard InChI is InChI=1S/C26H19FN2O4/c27-21-14-23(24(30)28-15-17-6-8-20(9-7-17)26(31)32)25(29-16-21)33-22-12-10-19(11-13-22)18-4-2-1-3-5-18/h1-14,16H,15H2,(H,28,30)(H,31,32). The molecule has 0 aliphatic carbocycles. The summed E-state index contributed by atoms with van der Waals surface area (Å²) >= 11 is 0. The monoisotopic (exact) mass is 442 g/mol. The molecule has 0 radical (unpaired) electrons. The number of halogens is 1. The third kappa shape index (κ3) is 5.40. The second-order valence-electron chi connectivity index (χ2n) is 7.18. The number of carboxylic acid groups (broad SMARTS) is 1. The smallest absolute Gasteiger partial charge is 0.335 e. The summed E-state index contributed by atoms with van der Waals surface area (Å²) in [6, 6.07) is 24.2. The van der Waals surface area contributed by atoms with Crippen molar-refractivity contribution in [3.8, 4) is 22.8 Å². The molecule has 0 atom stereocenters. The molecule has 0 bridgehead atoms. The van der Waals surface area contributed by atoms with Gasteiger partial charge in [-0.3, -0.25) is 4.79 Å². The van der Waals surface area contributed by atoms with Gasteiger partial charge in [0.2, 0.25) is 5.88 Å². The first-order valence-corrected chi connectivity index (χ1v) is 10.1. The second kappa shape index (κ2) is 9.74. The minimum atomic E-state index is -1.03. The van der Waals surface area contributed by atoms with Gasteiger partial charge in [-0.15, -0.1) is 0 Å². The molecule has 0 saturated carbocycles. The van der Waals surface area contributed by atoms with Crippen LogP contribution in [0.25, 0.3) is 11.1 Å². The number of rotatable bonds is 7. The van der Waals surface area contributed by atoms with Crippen LogP contribution in [0.5, 0.6) is 11.6 Å². The summed E-state index contributed by atoms with van der Waals surface area (Å²) in [5.74, 6) is -1.84. The third-order valence-electron chi connectivity index (χ3n) is 4.89.